The summed E-state index contributed by atoms with van der Waals surface area (Å²) in [5, 5.41) is 15.1. The molecule has 1 N–H and O–H groups in total. The molecule has 1 fully saturated rings. The zero-order chi connectivity index (χ0) is 18.3. The van der Waals surface area contributed by atoms with E-state index in [2.05, 4.69) is 26.8 Å². The smallest absolute Gasteiger partial charge is 0.230 e. The van der Waals surface area contributed by atoms with Gasteiger partial charge in [0.25, 0.3) is 0 Å². The van der Waals surface area contributed by atoms with Gasteiger partial charge in [0.15, 0.2) is 0 Å². The van der Waals surface area contributed by atoms with Crippen molar-refractivity contribution in [2.24, 2.45) is 0 Å². The molecule has 0 spiro atoms. The van der Waals surface area contributed by atoms with Crippen molar-refractivity contribution in [1.82, 2.24) is 24.4 Å². The normalized spacial score (nSPS) is 17.8. The van der Waals surface area contributed by atoms with Gasteiger partial charge in [-0.25, -0.2) is 9.37 Å². The number of hydrogen-bond donors (Lipinski definition) is 1. The number of likely N-dealkylation sites (N-methyl/N-ethyl adjacent to an activating group) is 1. The molecular weight excluding hydrogens is 353 g/mol. The third kappa shape index (κ3) is 3.08. The summed E-state index contributed by atoms with van der Waals surface area (Å²) in [5.41, 5.74) is 0.966. The number of fused-ring (bicyclic) bond motifs is 1. The molecule has 1 aliphatic rings. The van der Waals surface area contributed by atoms with Crippen molar-refractivity contribution >= 4 is 16.3 Å². The lowest BCUT2D eigenvalue weighted by Gasteiger charge is -2.38. The van der Waals surface area contributed by atoms with Gasteiger partial charge >= 0.3 is 0 Å². The Labute approximate surface area is 155 Å². The van der Waals surface area contributed by atoms with Gasteiger partial charge in [-0.2, -0.15) is 4.52 Å². The van der Waals surface area contributed by atoms with Crippen molar-refractivity contribution in [2.45, 2.75) is 19.9 Å². The number of rotatable bonds is 4. The van der Waals surface area contributed by atoms with E-state index in [1.54, 1.807) is 19.1 Å². The van der Waals surface area contributed by atoms with Crippen LogP contribution in [0.15, 0.2) is 24.3 Å². The van der Waals surface area contributed by atoms with E-state index in [-0.39, 0.29) is 17.7 Å². The molecule has 0 aliphatic carbocycles. The second-order valence-corrected chi connectivity index (χ2v) is 7.58. The van der Waals surface area contributed by atoms with E-state index >= 15 is 0 Å². The fraction of sp³-hybridized carbons (Fsp3) is 0.444. The summed E-state index contributed by atoms with van der Waals surface area (Å²) in [5.74, 6) is 0.497. The highest BCUT2D eigenvalue weighted by molar-refractivity contribution is 7.17. The Morgan fingerprint density at radius 2 is 1.88 bits per heavy atom. The van der Waals surface area contributed by atoms with Crippen LogP contribution < -0.4 is 0 Å². The second-order valence-electron chi connectivity index (χ2n) is 6.57. The third-order valence-corrected chi connectivity index (χ3v) is 6.03. The molecule has 0 unspecified atom stereocenters. The van der Waals surface area contributed by atoms with Gasteiger partial charge in [0.2, 0.25) is 10.8 Å². The zero-order valence-corrected chi connectivity index (χ0v) is 15.7. The highest BCUT2D eigenvalue weighted by Gasteiger charge is 2.31. The molecule has 1 atom stereocenters. The van der Waals surface area contributed by atoms with E-state index in [1.165, 1.54) is 28.0 Å². The second kappa shape index (κ2) is 6.94. The molecule has 0 radical (unpaired) electrons. The molecule has 2 aromatic heterocycles. The Kier molecular flexibility index (Phi) is 4.64. The molecule has 1 saturated heterocycles. The molecule has 138 valence electrons. The number of aryl methyl sites for hydroxylation is 1. The first-order valence-corrected chi connectivity index (χ1v) is 9.65. The molecule has 3 heterocycles. The van der Waals surface area contributed by atoms with E-state index in [0.29, 0.717) is 10.8 Å². The predicted molar refractivity (Wildman–Crippen MR) is 99.2 cm³/mol. The monoisotopic (exact) mass is 375 g/mol. The summed E-state index contributed by atoms with van der Waals surface area (Å²) >= 11 is 1.44. The maximum absolute atomic E-state index is 13.4. The molecule has 8 heteroatoms. The number of piperazine rings is 1. The van der Waals surface area contributed by atoms with Crippen LogP contribution in [0.3, 0.4) is 0 Å². The van der Waals surface area contributed by atoms with Crippen LogP contribution in [0.25, 0.3) is 4.96 Å². The van der Waals surface area contributed by atoms with Crippen LogP contribution >= 0.6 is 11.3 Å². The number of hydrogen-bond acceptors (Lipinski definition) is 6. The van der Waals surface area contributed by atoms with E-state index in [1.807, 2.05) is 0 Å². The first-order valence-electron chi connectivity index (χ1n) is 8.83. The molecule has 26 heavy (non-hydrogen) atoms. The van der Waals surface area contributed by atoms with Crippen LogP contribution in [0, 0.1) is 12.7 Å². The van der Waals surface area contributed by atoms with Gasteiger partial charge in [0, 0.05) is 26.2 Å². The first kappa shape index (κ1) is 17.4. The first-order chi connectivity index (χ1) is 12.6. The fourth-order valence-corrected chi connectivity index (χ4v) is 4.70. The summed E-state index contributed by atoms with van der Waals surface area (Å²) in [6.45, 7) is 8.76. The van der Waals surface area contributed by atoms with Crippen molar-refractivity contribution in [3.05, 3.63) is 46.3 Å². The van der Waals surface area contributed by atoms with Gasteiger partial charge in [-0.15, -0.1) is 5.10 Å². The average Bonchev–Trinajstić information content (AvgIpc) is 3.15. The number of aromatic hydroxyl groups is 1. The molecule has 6 nitrogen and oxygen atoms in total. The number of halogens is 1. The van der Waals surface area contributed by atoms with Crippen molar-refractivity contribution in [3.8, 4) is 5.88 Å². The van der Waals surface area contributed by atoms with Gasteiger partial charge in [-0.05, 0) is 31.2 Å². The Morgan fingerprint density at radius 3 is 2.50 bits per heavy atom. The van der Waals surface area contributed by atoms with E-state index in [4.69, 9.17) is 0 Å². The molecule has 3 aromatic rings. The Bertz CT molecular complexity index is 898. The van der Waals surface area contributed by atoms with Gasteiger partial charge in [-0.1, -0.05) is 30.4 Å². The zero-order valence-electron chi connectivity index (χ0n) is 14.9. The minimum Gasteiger partial charge on any atom is -0.492 e. The molecule has 0 amide bonds. The Balaban J connectivity index is 1.75. The molecular formula is C18H22FN5OS. The maximum atomic E-state index is 13.4. The summed E-state index contributed by atoms with van der Waals surface area (Å²) < 4.78 is 14.9. The average molecular weight is 375 g/mol. The summed E-state index contributed by atoms with van der Waals surface area (Å²) in [6, 6.07) is 6.41. The van der Waals surface area contributed by atoms with Gasteiger partial charge in [-0.3, -0.25) is 4.90 Å². The van der Waals surface area contributed by atoms with E-state index < -0.39 is 0 Å². The van der Waals surface area contributed by atoms with Crippen LogP contribution in [0.2, 0.25) is 0 Å². The van der Waals surface area contributed by atoms with Crippen molar-refractivity contribution in [2.75, 3.05) is 32.7 Å². The quantitative estimate of drug-likeness (QED) is 0.760. The standard InChI is InChI=1S/C18H22FN5OS/c1-3-22-8-10-23(11-9-22)15(13-4-6-14(19)7-5-13)16-17(25)24-18(26-16)20-12(2)21-24/h4-7,15,25H,3,8-11H2,1-2H3/t15-/m0/s1. The van der Waals surface area contributed by atoms with Crippen molar-refractivity contribution < 1.29 is 9.50 Å². The largest absolute Gasteiger partial charge is 0.492 e. The van der Waals surface area contributed by atoms with E-state index in [9.17, 15) is 9.50 Å². The lowest BCUT2D eigenvalue weighted by molar-refractivity contribution is 0.113. The number of aromatic nitrogens is 3. The van der Waals surface area contributed by atoms with Crippen LogP contribution in [-0.2, 0) is 0 Å². The van der Waals surface area contributed by atoms with Gasteiger partial charge < -0.3 is 10.0 Å². The highest BCUT2D eigenvalue weighted by atomic mass is 32.1. The minimum absolute atomic E-state index is 0.123. The lowest BCUT2D eigenvalue weighted by Crippen LogP contribution is -2.47. The summed E-state index contributed by atoms with van der Waals surface area (Å²) in [7, 11) is 0. The van der Waals surface area contributed by atoms with Crippen LogP contribution in [0.5, 0.6) is 5.88 Å². The third-order valence-electron chi connectivity index (χ3n) is 4.96. The van der Waals surface area contributed by atoms with Gasteiger partial charge in [0.1, 0.15) is 11.6 Å². The van der Waals surface area contributed by atoms with Crippen molar-refractivity contribution in [3.63, 3.8) is 0 Å². The number of benzene rings is 1. The fourth-order valence-electron chi connectivity index (χ4n) is 3.54. The van der Waals surface area contributed by atoms with Crippen molar-refractivity contribution in [1.29, 1.82) is 0 Å². The number of thiazole rings is 1. The highest BCUT2D eigenvalue weighted by Crippen LogP contribution is 2.40. The number of nitrogens with zero attached hydrogens (tertiary/aromatic N) is 5. The van der Waals surface area contributed by atoms with Gasteiger partial charge in [0.05, 0.1) is 10.9 Å². The van der Waals surface area contributed by atoms with E-state index in [0.717, 1.165) is 43.2 Å². The molecule has 0 bridgehead atoms. The maximum Gasteiger partial charge on any atom is 0.230 e. The van der Waals surface area contributed by atoms with Crippen LogP contribution in [0.1, 0.15) is 29.2 Å². The van der Waals surface area contributed by atoms with Crippen LogP contribution in [0.4, 0.5) is 4.39 Å². The molecule has 1 aromatic carbocycles. The minimum atomic E-state index is -0.259. The summed E-state index contributed by atoms with van der Waals surface area (Å²) in [6.07, 6.45) is 0. The predicted octanol–water partition coefficient (Wildman–Crippen LogP) is 2.67. The molecule has 4 rings (SSSR count). The summed E-state index contributed by atoms with van der Waals surface area (Å²) in [4.78, 5) is 10.6. The molecule has 0 saturated carbocycles. The lowest BCUT2D eigenvalue weighted by atomic mass is 10.0. The topological polar surface area (TPSA) is 56.9 Å². The Hall–Kier alpha value is -2.03. The SMILES string of the molecule is CCN1CCN([C@@H](c2ccc(F)cc2)c2sc3nc(C)nn3c2O)CC1. The van der Waals surface area contributed by atoms with Crippen LogP contribution in [-0.4, -0.2) is 62.2 Å². The Morgan fingerprint density at radius 1 is 1.19 bits per heavy atom. The molecule has 1 aliphatic heterocycles.